The fourth-order valence-corrected chi connectivity index (χ4v) is 2.34. The van der Waals surface area contributed by atoms with E-state index >= 15 is 0 Å². The highest BCUT2D eigenvalue weighted by Gasteiger charge is 2.13. The molecule has 12 heteroatoms. The Kier molecular flexibility index (Phi) is 7.79. The monoisotopic (exact) mass is 442 g/mol. The number of rotatable bonds is 5. The van der Waals surface area contributed by atoms with Crippen molar-refractivity contribution in [2.24, 2.45) is 0 Å². The molecule has 0 amide bonds. The number of aromatic amines is 1. The SMILES string of the molecule is COC(=O)c1cccc2[nH]c(/C=C/c3ccc(OC(F)F)cc3)nc12.O=P(O)(O)O. The molecule has 3 rings (SSSR count). The van der Waals surface area contributed by atoms with Crippen LogP contribution in [-0.4, -0.2) is 44.3 Å². The van der Waals surface area contributed by atoms with E-state index in [1.54, 1.807) is 36.4 Å². The number of H-pyrrole nitrogens is 1. The van der Waals surface area contributed by atoms with Crippen LogP contribution < -0.4 is 4.74 Å². The van der Waals surface area contributed by atoms with Gasteiger partial charge in [-0.05, 0) is 35.9 Å². The first-order valence-electron chi connectivity index (χ1n) is 8.15. The summed E-state index contributed by atoms with van der Waals surface area (Å²) < 4.78 is 42.2. The highest BCUT2D eigenvalue weighted by Crippen LogP contribution is 2.25. The van der Waals surface area contributed by atoms with Gasteiger partial charge in [0.2, 0.25) is 0 Å². The van der Waals surface area contributed by atoms with E-state index in [2.05, 4.69) is 14.7 Å². The maximum Gasteiger partial charge on any atom is 0.466 e. The summed E-state index contributed by atoms with van der Waals surface area (Å²) in [7, 11) is -3.32. The third kappa shape index (κ3) is 7.37. The molecule has 0 saturated carbocycles. The number of nitrogens with one attached hydrogen (secondary N) is 1. The predicted molar refractivity (Wildman–Crippen MR) is 104 cm³/mol. The van der Waals surface area contributed by atoms with Gasteiger partial charge in [0.05, 0.1) is 18.2 Å². The molecule has 0 unspecified atom stereocenters. The second-order valence-electron chi connectivity index (χ2n) is 5.61. The molecule has 0 bridgehead atoms. The van der Waals surface area contributed by atoms with E-state index in [0.29, 0.717) is 22.4 Å². The van der Waals surface area contributed by atoms with Crippen LogP contribution in [0.1, 0.15) is 21.7 Å². The van der Waals surface area contributed by atoms with Crippen LogP contribution >= 0.6 is 7.82 Å². The van der Waals surface area contributed by atoms with E-state index in [0.717, 1.165) is 5.56 Å². The summed E-state index contributed by atoms with van der Waals surface area (Å²) in [5.41, 5.74) is 2.40. The Morgan fingerprint density at radius 2 is 1.77 bits per heavy atom. The number of para-hydroxylation sites is 1. The maximum absolute atomic E-state index is 12.1. The lowest BCUT2D eigenvalue weighted by Crippen LogP contribution is -2.01. The molecular formula is C18H17F2N2O7P. The van der Waals surface area contributed by atoms with Crippen LogP contribution in [0.2, 0.25) is 0 Å². The Balaban J connectivity index is 0.000000575. The number of fused-ring (bicyclic) bond motifs is 1. The van der Waals surface area contributed by atoms with Crippen LogP contribution in [0.15, 0.2) is 42.5 Å². The first-order chi connectivity index (χ1) is 14.1. The Morgan fingerprint density at radius 3 is 2.33 bits per heavy atom. The Labute approximate surface area is 168 Å². The highest BCUT2D eigenvalue weighted by atomic mass is 31.2. The molecule has 0 saturated heterocycles. The van der Waals surface area contributed by atoms with E-state index in [1.165, 1.54) is 19.2 Å². The highest BCUT2D eigenvalue weighted by molar-refractivity contribution is 7.45. The molecule has 0 aliphatic heterocycles. The molecule has 0 aliphatic rings. The van der Waals surface area contributed by atoms with E-state index in [9.17, 15) is 13.6 Å². The van der Waals surface area contributed by atoms with Gasteiger partial charge in [-0.15, -0.1) is 0 Å². The van der Waals surface area contributed by atoms with Gasteiger partial charge in [-0.3, -0.25) is 0 Å². The number of nitrogens with zero attached hydrogens (tertiary/aromatic N) is 1. The zero-order valence-corrected chi connectivity index (χ0v) is 16.3. The number of imidazole rings is 1. The molecule has 0 spiro atoms. The van der Waals surface area contributed by atoms with Crippen LogP contribution in [-0.2, 0) is 9.30 Å². The van der Waals surface area contributed by atoms with Crippen molar-refractivity contribution in [2.75, 3.05) is 7.11 Å². The smallest absolute Gasteiger partial charge is 0.465 e. The van der Waals surface area contributed by atoms with E-state index in [-0.39, 0.29) is 5.75 Å². The van der Waals surface area contributed by atoms with E-state index in [4.69, 9.17) is 24.0 Å². The molecule has 0 radical (unpaired) electrons. The van der Waals surface area contributed by atoms with E-state index < -0.39 is 20.4 Å². The van der Waals surface area contributed by atoms with Crippen LogP contribution in [0.5, 0.6) is 5.75 Å². The van der Waals surface area contributed by atoms with Crippen molar-refractivity contribution in [3.63, 3.8) is 0 Å². The molecule has 4 N–H and O–H groups in total. The number of benzene rings is 2. The summed E-state index contributed by atoms with van der Waals surface area (Å²) in [6, 6.07) is 11.4. The third-order valence-electron chi connectivity index (χ3n) is 3.48. The van der Waals surface area contributed by atoms with Gasteiger partial charge in [0.25, 0.3) is 0 Å². The number of carbonyl (C=O) groups excluding carboxylic acids is 1. The second kappa shape index (κ2) is 10.1. The number of carbonyl (C=O) groups is 1. The van der Waals surface area contributed by atoms with Crippen molar-refractivity contribution >= 4 is 37.0 Å². The predicted octanol–water partition coefficient (Wildman–Crippen LogP) is 3.19. The van der Waals surface area contributed by atoms with Gasteiger partial charge < -0.3 is 29.1 Å². The first kappa shape index (κ1) is 23.2. The molecule has 9 nitrogen and oxygen atoms in total. The molecule has 160 valence electrons. The lowest BCUT2D eigenvalue weighted by molar-refractivity contribution is -0.0498. The van der Waals surface area contributed by atoms with Gasteiger partial charge in [0.1, 0.15) is 17.1 Å². The molecule has 0 atom stereocenters. The minimum atomic E-state index is -4.64. The van der Waals surface area contributed by atoms with Gasteiger partial charge in [-0.25, -0.2) is 14.3 Å². The number of phosphoric acid groups is 1. The number of halogens is 2. The number of aromatic nitrogens is 2. The van der Waals surface area contributed by atoms with E-state index in [1.807, 2.05) is 6.07 Å². The van der Waals surface area contributed by atoms with Crippen molar-refractivity contribution in [3.8, 4) is 5.75 Å². The zero-order chi connectivity index (χ0) is 22.3. The standard InChI is InChI=1S/C18H14F2N2O3.H3O4P/c1-24-17(23)13-3-2-4-14-16(13)22-15(21-14)10-7-11-5-8-12(9-6-11)25-18(19)20;1-5(2,3)4/h2-10,18H,1H3,(H,21,22);(H3,1,2,3,4)/b10-7+;. The van der Waals surface area contributed by atoms with Crippen LogP contribution in [0.4, 0.5) is 8.78 Å². The lowest BCUT2D eigenvalue weighted by atomic mass is 10.2. The van der Waals surface area contributed by atoms with Crippen molar-refractivity contribution in [3.05, 3.63) is 59.4 Å². The number of hydrogen-bond acceptors (Lipinski definition) is 5. The fourth-order valence-electron chi connectivity index (χ4n) is 2.34. The summed E-state index contributed by atoms with van der Waals surface area (Å²) in [6.07, 6.45) is 3.49. The van der Waals surface area contributed by atoms with Crippen molar-refractivity contribution in [1.82, 2.24) is 9.97 Å². The van der Waals surface area contributed by atoms with Crippen LogP contribution in [0.25, 0.3) is 23.2 Å². The van der Waals surface area contributed by atoms with Crippen molar-refractivity contribution in [2.45, 2.75) is 6.61 Å². The van der Waals surface area contributed by atoms with Gasteiger partial charge in [0.15, 0.2) is 0 Å². The third-order valence-corrected chi connectivity index (χ3v) is 3.48. The molecule has 0 fully saturated rings. The van der Waals surface area contributed by atoms with Crippen molar-refractivity contribution < 1.29 is 42.3 Å². The van der Waals surface area contributed by atoms with Gasteiger partial charge in [0, 0.05) is 0 Å². The average Bonchev–Trinajstić information content (AvgIpc) is 3.08. The average molecular weight is 442 g/mol. The lowest BCUT2D eigenvalue weighted by Gasteiger charge is -2.03. The number of ether oxygens (including phenoxy) is 2. The maximum atomic E-state index is 12.1. The zero-order valence-electron chi connectivity index (χ0n) is 15.4. The summed E-state index contributed by atoms with van der Waals surface area (Å²) >= 11 is 0. The van der Waals surface area contributed by atoms with Crippen LogP contribution in [0.3, 0.4) is 0 Å². The van der Waals surface area contributed by atoms with Gasteiger partial charge in [-0.1, -0.05) is 24.3 Å². The normalized spacial score (nSPS) is 11.4. The number of esters is 1. The number of hydrogen-bond donors (Lipinski definition) is 4. The Bertz CT molecular complexity index is 1070. The largest absolute Gasteiger partial charge is 0.466 e. The van der Waals surface area contributed by atoms with Gasteiger partial charge >= 0.3 is 20.4 Å². The topological polar surface area (TPSA) is 142 Å². The quantitative estimate of drug-likeness (QED) is 0.349. The molecule has 3 aromatic rings. The number of methoxy groups -OCH3 is 1. The Hall–Kier alpha value is -3.11. The minimum Gasteiger partial charge on any atom is -0.465 e. The first-order valence-corrected chi connectivity index (χ1v) is 9.71. The number of alkyl halides is 2. The molecule has 2 aromatic carbocycles. The van der Waals surface area contributed by atoms with Crippen LogP contribution in [0, 0.1) is 0 Å². The summed E-state index contributed by atoms with van der Waals surface area (Å²) in [5.74, 6) is 0.195. The Morgan fingerprint density at radius 1 is 1.13 bits per heavy atom. The minimum absolute atomic E-state index is 0.0959. The molecule has 0 aliphatic carbocycles. The fraction of sp³-hybridized carbons (Fsp3) is 0.111. The summed E-state index contributed by atoms with van der Waals surface area (Å²) in [4.78, 5) is 40.8. The molecular weight excluding hydrogens is 425 g/mol. The molecule has 30 heavy (non-hydrogen) atoms. The molecule has 1 heterocycles. The van der Waals surface area contributed by atoms with Crippen molar-refractivity contribution in [1.29, 1.82) is 0 Å². The summed E-state index contributed by atoms with van der Waals surface area (Å²) in [5, 5.41) is 0. The second-order valence-corrected chi connectivity index (χ2v) is 6.64. The molecule has 1 aromatic heterocycles. The van der Waals surface area contributed by atoms with Gasteiger partial charge in [-0.2, -0.15) is 8.78 Å². The summed E-state index contributed by atoms with van der Waals surface area (Å²) in [6.45, 7) is -2.85.